The molecule has 1 rings (SSSR count). The zero-order valence-electron chi connectivity index (χ0n) is 7.53. The monoisotopic (exact) mass is 354 g/mol. The Morgan fingerprint density at radius 1 is 0.875 bits per heavy atom. The number of benzene rings is 1. The standard InChI is InChI=1S/C9H5F6I/c10-8(11,12)7(9(13,14)15)5-3-1-2-4-6(5)16/h1-4,7H. The molecule has 1 aromatic carbocycles. The second-order valence-corrected chi connectivity index (χ2v) is 4.20. The van der Waals surface area contributed by atoms with E-state index in [1.165, 1.54) is 34.7 Å². The lowest BCUT2D eigenvalue weighted by Crippen LogP contribution is -2.34. The van der Waals surface area contributed by atoms with Crippen LogP contribution in [0, 0.1) is 3.57 Å². The van der Waals surface area contributed by atoms with Gasteiger partial charge in [0.1, 0.15) is 0 Å². The molecule has 0 aliphatic carbocycles. The van der Waals surface area contributed by atoms with Crippen molar-refractivity contribution in [3.8, 4) is 0 Å². The van der Waals surface area contributed by atoms with Crippen LogP contribution in [0.15, 0.2) is 24.3 Å². The molecule has 16 heavy (non-hydrogen) atoms. The lowest BCUT2D eigenvalue weighted by molar-refractivity contribution is -0.253. The van der Waals surface area contributed by atoms with Crippen molar-refractivity contribution in [2.45, 2.75) is 18.3 Å². The van der Waals surface area contributed by atoms with Crippen molar-refractivity contribution in [1.29, 1.82) is 0 Å². The SMILES string of the molecule is FC(F)(F)C(c1ccccc1I)C(F)(F)F. The number of hydrogen-bond donors (Lipinski definition) is 0. The molecule has 0 saturated heterocycles. The lowest BCUT2D eigenvalue weighted by Gasteiger charge is -2.24. The minimum atomic E-state index is -5.33. The molecule has 7 heteroatoms. The Morgan fingerprint density at radius 2 is 1.31 bits per heavy atom. The number of hydrogen-bond acceptors (Lipinski definition) is 0. The second kappa shape index (κ2) is 4.42. The van der Waals surface area contributed by atoms with Gasteiger partial charge >= 0.3 is 12.4 Å². The highest BCUT2D eigenvalue weighted by Crippen LogP contribution is 2.47. The number of rotatable bonds is 1. The minimum absolute atomic E-state index is 0.0558. The van der Waals surface area contributed by atoms with Gasteiger partial charge in [0.05, 0.1) is 0 Å². The highest BCUT2D eigenvalue weighted by Gasteiger charge is 2.57. The van der Waals surface area contributed by atoms with Crippen molar-refractivity contribution in [3.63, 3.8) is 0 Å². The van der Waals surface area contributed by atoms with Crippen LogP contribution < -0.4 is 0 Å². The van der Waals surface area contributed by atoms with E-state index in [1.54, 1.807) is 0 Å². The maximum atomic E-state index is 12.4. The molecule has 0 radical (unpaired) electrons. The molecule has 0 N–H and O–H groups in total. The van der Waals surface area contributed by atoms with E-state index in [4.69, 9.17) is 0 Å². The van der Waals surface area contributed by atoms with Crippen LogP contribution in [0.25, 0.3) is 0 Å². The lowest BCUT2D eigenvalue weighted by atomic mass is 9.98. The average Bonchev–Trinajstić information content (AvgIpc) is 2.03. The Labute approximate surface area is 101 Å². The second-order valence-electron chi connectivity index (χ2n) is 3.04. The zero-order valence-corrected chi connectivity index (χ0v) is 9.69. The Bertz CT molecular complexity index is 353. The Morgan fingerprint density at radius 3 is 1.69 bits per heavy atom. The molecule has 1 aromatic rings. The highest BCUT2D eigenvalue weighted by molar-refractivity contribution is 14.1. The fourth-order valence-electron chi connectivity index (χ4n) is 1.25. The molecule has 0 nitrogen and oxygen atoms in total. The summed E-state index contributed by atoms with van der Waals surface area (Å²) in [6.07, 6.45) is -10.7. The summed E-state index contributed by atoms with van der Waals surface area (Å²) in [6, 6.07) is 4.59. The molecule has 0 aromatic heterocycles. The van der Waals surface area contributed by atoms with Crippen LogP contribution in [0.4, 0.5) is 26.3 Å². The quantitative estimate of drug-likeness (QED) is 0.515. The number of alkyl halides is 6. The first kappa shape index (κ1) is 13.6. The zero-order chi connectivity index (χ0) is 12.6. The van der Waals surface area contributed by atoms with E-state index in [2.05, 4.69) is 0 Å². The summed E-state index contributed by atoms with van der Waals surface area (Å²) in [5.41, 5.74) is -0.761. The van der Waals surface area contributed by atoms with Crippen LogP contribution in [-0.4, -0.2) is 12.4 Å². The average molecular weight is 354 g/mol. The van der Waals surface area contributed by atoms with Crippen LogP contribution >= 0.6 is 22.6 Å². The Balaban J connectivity index is 3.29. The molecule has 0 atom stereocenters. The van der Waals surface area contributed by atoms with Crippen molar-refractivity contribution in [2.75, 3.05) is 0 Å². The summed E-state index contributed by atoms with van der Waals surface area (Å²) >= 11 is 1.46. The molecule has 0 heterocycles. The maximum Gasteiger partial charge on any atom is 0.404 e. The normalized spacial score (nSPS) is 13.2. The van der Waals surface area contributed by atoms with Gasteiger partial charge in [0.15, 0.2) is 5.92 Å². The largest absolute Gasteiger partial charge is 0.404 e. The summed E-state index contributed by atoms with van der Waals surface area (Å²) in [4.78, 5) is 0. The molecule has 90 valence electrons. The third-order valence-electron chi connectivity index (χ3n) is 1.87. The van der Waals surface area contributed by atoms with Crippen molar-refractivity contribution < 1.29 is 26.3 Å². The molecule has 0 spiro atoms. The third-order valence-corrected chi connectivity index (χ3v) is 2.85. The van der Waals surface area contributed by atoms with Gasteiger partial charge in [-0.05, 0) is 34.2 Å². The van der Waals surface area contributed by atoms with Gasteiger partial charge in [-0.3, -0.25) is 0 Å². The maximum absolute atomic E-state index is 12.4. The first-order chi connectivity index (χ1) is 7.14. The topological polar surface area (TPSA) is 0 Å². The van der Waals surface area contributed by atoms with Gasteiger partial charge in [0, 0.05) is 3.57 Å². The Hall–Kier alpha value is -0.470. The smallest absolute Gasteiger partial charge is 0.170 e. The summed E-state index contributed by atoms with van der Waals surface area (Å²) in [5, 5.41) is 0. The van der Waals surface area contributed by atoms with Crippen LogP contribution in [0.1, 0.15) is 11.5 Å². The first-order valence-electron chi connectivity index (χ1n) is 4.02. The number of halogens is 7. The van der Waals surface area contributed by atoms with Gasteiger partial charge in [-0.15, -0.1) is 0 Å². The van der Waals surface area contributed by atoms with E-state index in [-0.39, 0.29) is 3.57 Å². The third kappa shape index (κ3) is 3.02. The predicted molar refractivity (Wildman–Crippen MR) is 54.0 cm³/mol. The molecule has 0 amide bonds. The molecule has 0 fully saturated rings. The fourth-order valence-corrected chi connectivity index (χ4v) is 1.95. The summed E-state index contributed by atoms with van der Waals surface area (Å²) in [7, 11) is 0. The van der Waals surface area contributed by atoms with E-state index >= 15 is 0 Å². The van der Waals surface area contributed by atoms with Crippen molar-refractivity contribution in [2.24, 2.45) is 0 Å². The van der Waals surface area contributed by atoms with Crippen molar-refractivity contribution in [3.05, 3.63) is 33.4 Å². The first-order valence-corrected chi connectivity index (χ1v) is 5.10. The molecular formula is C9H5F6I. The van der Waals surface area contributed by atoms with E-state index in [0.29, 0.717) is 0 Å². The minimum Gasteiger partial charge on any atom is -0.170 e. The van der Waals surface area contributed by atoms with Crippen LogP contribution in [0.5, 0.6) is 0 Å². The van der Waals surface area contributed by atoms with Crippen LogP contribution in [0.3, 0.4) is 0 Å². The molecule has 0 aliphatic rings. The molecule has 0 unspecified atom stereocenters. The van der Waals surface area contributed by atoms with Gasteiger partial charge in [-0.2, -0.15) is 26.3 Å². The van der Waals surface area contributed by atoms with Crippen molar-refractivity contribution in [1.82, 2.24) is 0 Å². The van der Waals surface area contributed by atoms with Crippen LogP contribution in [0.2, 0.25) is 0 Å². The molecular weight excluding hydrogens is 349 g/mol. The van der Waals surface area contributed by atoms with E-state index in [1.807, 2.05) is 0 Å². The molecule has 0 saturated carbocycles. The van der Waals surface area contributed by atoms with Gasteiger partial charge in [-0.1, -0.05) is 18.2 Å². The van der Waals surface area contributed by atoms with Gasteiger partial charge < -0.3 is 0 Å². The van der Waals surface area contributed by atoms with Gasteiger partial charge in [-0.25, -0.2) is 0 Å². The van der Waals surface area contributed by atoms with Crippen molar-refractivity contribution >= 4 is 22.6 Å². The fraction of sp³-hybridized carbons (Fsp3) is 0.333. The summed E-state index contributed by atoms with van der Waals surface area (Å²) in [5.74, 6) is -3.42. The molecule has 0 aliphatic heterocycles. The summed E-state index contributed by atoms with van der Waals surface area (Å²) < 4.78 is 74.1. The van der Waals surface area contributed by atoms with Gasteiger partial charge in [0.2, 0.25) is 0 Å². The molecule has 0 bridgehead atoms. The van der Waals surface area contributed by atoms with E-state index in [0.717, 1.165) is 12.1 Å². The Kier molecular flexibility index (Phi) is 3.76. The highest BCUT2D eigenvalue weighted by atomic mass is 127. The van der Waals surface area contributed by atoms with E-state index in [9.17, 15) is 26.3 Å². The summed E-state index contributed by atoms with van der Waals surface area (Å²) in [6.45, 7) is 0. The van der Waals surface area contributed by atoms with Crippen LogP contribution in [-0.2, 0) is 0 Å². The van der Waals surface area contributed by atoms with E-state index < -0.39 is 23.8 Å². The predicted octanol–water partition coefficient (Wildman–Crippen LogP) is 4.50. The van der Waals surface area contributed by atoms with Gasteiger partial charge in [0.25, 0.3) is 0 Å².